The van der Waals surface area contributed by atoms with Crippen LogP contribution in [0.25, 0.3) is 11.1 Å². The number of hydrogen-bond acceptors (Lipinski definition) is 4. The minimum absolute atomic E-state index is 0.0282. The molecule has 2 aliphatic rings. The molecule has 1 saturated heterocycles. The number of amides is 1. The van der Waals surface area contributed by atoms with Crippen molar-refractivity contribution >= 4 is 17.5 Å². The Kier molecular flexibility index (Phi) is 4.28. The van der Waals surface area contributed by atoms with Crippen LogP contribution in [0.5, 0.6) is 0 Å². The van der Waals surface area contributed by atoms with Gasteiger partial charge in [-0.2, -0.15) is 0 Å². The van der Waals surface area contributed by atoms with E-state index < -0.39 is 0 Å². The predicted octanol–water partition coefficient (Wildman–Crippen LogP) is 3.90. The van der Waals surface area contributed by atoms with Crippen molar-refractivity contribution in [2.24, 2.45) is 5.92 Å². The zero-order valence-electron chi connectivity index (χ0n) is 15.6. The summed E-state index contributed by atoms with van der Waals surface area (Å²) in [4.78, 5) is 23.6. The molecule has 0 saturated carbocycles. The zero-order valence-corrected chi connectivity index (χ0v) is 15.6. The summed E-state index contributed by atoms with van der Waals surface area (Å²) in [5.74, 6) is 0.888. The second-order valence-corrected chi connectivity index (χ2v) is 7.51. The van der Waals surface area contributed by atoms with Crippen LogP contribution < -0.4 is 10.2 Å². The van der Waals surface area contributed by atoms with Gasteiger partial charge >= 0.3 is 0 Å². The molecular formula is C23H22N4O. The maximum absolute atomic E-state index is 12.8. The topological polar surface area (TPSA) is 58.1 Å². The quantitative estimate of drug-likeness (QED) is 0.594. The van der Waals surface area contributed by atoms with Crippen LogP contribution in [0.3, 0.4) is 0 Å². The van der Waals surface area contributed by atoms with E-state index in [9.17, 15) is 4.79 Å². The average molecular weight is 370 g/mol. The molecule has 0 radical (unpaired) electrons. The third-order valence-electron chi connectivity index (χ3n) is 5.77. The second kappa shape index (κ2) is 7.08. The lowest BCUT2D eigenvalue weighted by molar-refractivity contribution is -0.120. The molecule has 3 aromatic rings. The van der Waals surface area contributed by atoms with E-state index in [4.69, 9.17) is 0 Å². The molecule has 0 spiro atoms. The van der Waals surface area contributed by atoms with E-state index in [2.05, 4.69) is 56.6 Å². The van der Waals surface area contributed by atoms with E-state index in [0.29, 0.717) is 0 Å². The van der Waals surface area contributed by atoms with E-state index in [1.807, 2.05) is 12.1 Å². The summed E-state index contributed by atoms with van der Waals surface area (Å²) in [7, 11) is 0. The summed E-state index contributed by atoms with van der Waals surface area (Å²) in [6.07, 6.45) is 6.12. The van der Waals surface area contributed by atoms with E-state index in [1.165, 1.54) is 22.3 Å². The van der Waals surface area contributed by atoms with Crippen molar-refractivity contribution in [3.63, 3.8) is 0 Å². The number of anilines is 2. The number of carbonyl (C=O) groups excluding carboxylic acids is 1. The molecule has 2 aromatic carbocycles. The lowest BCUT2D eigenvalue weighted by atomic mass is 9.96. The summed E-state index contributed by atoms with van der Waals surface area (Å²) >= 11 is 0. The van der Waals surface area contributed by atoms with Gasteiger partial charge in [0.25, 0.3) is 0 Å². The third-order valence-corrected chi connectivity index (χ3v) is 5.77. The monoisotopic (exact) mass is 370 g/mol. The van der Waals surface area contributed by atoms with Crippen LogP contribution in [0.15, 0.2) is 60.9 Å². The first-order valence-electron chi connectivity index (χ1n) is 9.82. The van der Waals surface area contributed by atoms with Gasteiger partial charge in [-0.3, -0.25) is 4.79 Å². The highest BCUT2D eigenvalue weighted by molar-refractivity contribution is 5.94. The highest BCUT2D eigenvalue weighted by Crippen LogP contribution is 2.38. The van der Waals surface area contributed by atoms with Crippen LogP contribution in [0.4, 0.5) is 11.6 Å². The predicted molar refractivity (Wildman–Crippen MR) is 110 cm³/mol. The Hall–Kier alpha value is -3.21. The molecule has 0 unspecified atom stereocenters. The summed E-state index contributed by atoms with van der Waals surface area (Å²) in [5.41, 5.74) is 6.09. The third kappa shape index (κ3) is 3.13. The fourth-order valence-corrected chi connectivity index (χ4v) is 4.24. The maximum atomic E-state index is 12.8. The Labute approximate surface area is 164 Å². The van der Waals surface area contributed by atoms with Gasteiger partial charge in [-0.05, 0) is 59.7 Å². The standard InChI is InChI=1S/C23H22N4O/c28-22(16-8-12-27(13-9-16)23-24-10-3-11-25-23)26-19-7-6-18-14-17-4-1-2-5-20(17)21(18)15-19/h1-7,10-11,15-16H,8-9,12-14H2,(H,26,28). The Morgan fingerprint density at radius 1 is 0.929 bits per heavy atom. The Morgan fingerprint density at radius 3 is 2.50 bits per heavy atom. The van der Waals surface area contributed by atoms with Crippen LogP contribution in [0.1, 0.15) is 24.0 Å². The largest absolute Gasteiger partial charge is 0.341 e. The van der Waals surface area contributed by atoms with Gasteiger partial charge in [0.1, 0.15) is 0 Å². The van der Waals surface area contributed by atoms with E-state index in [0.717, 1.165) is 44.0 Å². The van der Waals surface area contributed by atoms with Crippen LogP contribution in [0, 0.1) is 5.92 Å². The van der Waals surface area contributed by atoms with Crippen molar-refractivity contribution in [1.29, 1.82) is 0 Å². The van der Waals surface area contributed by atoms with Crippen LogP contribution in [0.2, 0.25) is 0 Å². The summed E-state index contributed by atoms with van der Waals surface area (Å²) in [6, 6.07) is 16.6. The molecule has 1 fully saturated rings. The fourth-order valence-electron chi connectivity index (χ4n) is 4.24. The van der Waals surface area contributed by atoms with Gasteiger partial charge in [0.05, 0.1) is 0 Å². The number of aromatic nitrogens is 2. The van der Waals surface area contributed by atoms with E-state index in [-0.39, 0.29) is 11.8 Å². The molecule has 1 aromatic heterocycles. The van der Waals surface area contributed by atoms with Crippen LogP contribution >= 0.6 is 0 Å². The van der Waals surface area contributed by atoms with Crippen molar-refractivity contribution in [2.75, 3.05) is 23.3 Å². The molecule has 5 heteroatoms. The normalized spacial score (nSPS) is 15.8. The Morgan fingerprint density at radius 2 is 1.68 bits per heavy atom. The number of piperidine rings is 1. The minimum atomic E-state index is 0.0282. The van der Waals surface area contributed by atoms with Crippen molar-refractivity contribution < 1.29 is 4.79 Å². The lowest BCUT2D eigenvalue weighted by Crippen LogP contribution is -2.39. The molecule has 1 amide bonds. The molecule has 2 heterocycles. The first-order chi connectivity index (χ1) is 13.8. The molecule has 1 aliphatic heterocycles. The van der Waals surface area contributed by atoms with Crippen LogP contribution in [-0.2, 0) is 11.2 Å². The second-order valence-electron chi connectivity index (χ2n) is 7.51. The Balaban J connectivity index is 1.25. The fraction of sp³-hybridized carbons (Fsp3) is 0.261. The zero-order chi connectivity index (χ0) is 18.9. The number of carbonyl (C=O) groups is 1. The van der Waals surface area contributed by atoms with Gasteiger partial charge in [0, 0.05) is 37.1 Å². The molecule has 1 N–H and O–H groups in total. The maximum Gasteiger partial charge on any atom is 0.227 e. The van der Waals surface area contributed by atoms with Gasteiger partial charge in [0.15, 0.2) is 0 Å². The molecule has 0 atom stereocenters. The highest BCUT2D eigenvalue weighted by Gasteiger charge is 2.26. The lowest BCUT2D eigenvalue weighted by Gasteiger charge is -2.31. The summed E-state index contributed by atoms with van der Waals surface area (Å²) in [5, 5.41) is 3.14. The molecule has 5 nitrogen and oxygen atoms in total. The van der Waals surface area contributed by atoms with E-state index >= 15 is 0 Å². The highest BCUT2D eigenvalue weighted by atomic mass is 16.1. The van der Waals surface area contributed by atoms with Crippen molar-refractivity contribution in [1.82, 2.24) is 9.97 Å². The average Bonchev–Trinajstić information content (AvgIpc) is 3.12. The molecule has 5 rings (SSSR count). The van der Waals surface area contributed by atoms with Gasteiger partial charge in [-0.25, -0.2) is 9.97 Å². The first kappa shape index (κ1) is 16.9. The smallest absolute Gasteiger partial charge is 0.227 e. The molecule has 140 valence electrons. The minimum Gasteiger partial charge on any atom is -0.341 e. The Bertz CT molecular complexity index is 1010. The number of fused-ring (bicyclic) bond motifs is 3. The van der Waals surface area contributed by atoms with Gasteiger partial charge < -0.3 is 10.2 Å². The number of nitrogens with zero attached hydrogens (tertiary/aromatic N) is 3. The summed E-state index contributed by atoms with van der Waals surface area (Å²) < 4.78 is 0. The molecule has 0 bridgehead atoms. The van der Waals surface area contributed by atoms with Gasteiger partial charge in [0.2, 0.25) is 11.9 Å². The molecular weight excluding hydrogens is 348 g/mol. The number of rotatable bonds is 3. The van der Waals surface area contributed by atoms with Gasteiger partial charge in [-0.1, -0.05) is 30.3 Å². The van der Waals surface area contributed by atoms with E-state index in [1.54, 1.807) is 12.4 Å². The number of nitrogens with one attached hydrogen (secondary N) is 1. The molecule has 1 aliphatic carbocycles. The van der Waals surface area contributed by atoms with Crippen molar-refractivity contribution in [3.05, 3.63) is 72.1 Å². The first-order valence-corrected chi connectivity index (χ1v) is 9.82. The number of benzene rings is 2. The SMILES string of the molecule is O=C(Nc1ccc2c(c1)-c1ccccc1C2)C1CCN(c2ncccn2)CC1. The van der Waals surface area contributed by atoms with Crippen LogP contribution in [-0.4, -0.2) is 29.0 Å². The van der Waals surface area contributed by atoms with Crippen molar-refractivity contribution in [3.8, 4) is 11.1 Å². The van der Waals surface area contributed by atoms with Crippen molar-refractivity contribution in [2.45, 2.75) is 19.3 Å². The van der Waals surface area contributed by atoms with Gasteiger partial charge in [-0.15, -0.1) is 0 Å². The molecule has 28 heavy (non-hydrogen) atoms. The summed E-state index contributed by atoms with van der Waals surface area (Å²) in [6.45, 7) is 1.61. The number of hydrogen-bond donors (Lipinski definition) is 1.